The van der Waals surface area contributed by atoms with Crippen LogP contribution in [0.3, 0.4) is 0 Å². The van der Waals surface area contributed by atoms with Gasteiger partial charge in [-0.2, -0.15) is 0 Å². The van der Waals surface area contributed by atoms with Gasteiger partial charge >= 0.3 is 5.97 Å². The number of ether oxygens (including phenoxy) is 2. The molecule has 68 valence electrons. The smallest absolute Gasteiger partial charge is 0.308 e. The van der Waals surface area contributed by atoms with E-state index in [1.807, 2.05) is 0 Å². The van der Waals surface area contributed by atoms with Crippen LogP contribution in [-0.4, -0.2) is 25.8 Å². The van der Waals surface area contributed by atoms with E-state index in [0.717, 1.165) is 18.4 Å². The lowest BCUT2D eigenvalue weighted by atomic mass is 10.0. The third-order valence-corrected chi connectivity index (χ3v) is 1.97. The topological polar surface area (TPSA) is 35.5 Å². The van der Waals surface area contributed by atoms with Gasteiger partial charge in [0.2, 0.25) is 0 Å². The van der Waals surface area contributed by atoms with Crippen LogP contribution in [0.15, 0.2) is 12.2 Å². The summed E-state index contributed by atoms with van der Waals surface area (Å²) in [5, 5.41) is 0. The Hall–Kier alpha value is -0.830. The number of hydrogen-bond donors (Lipinski definition) is 0. The number of carbonyl (C=O) groups excluding carboxylic acids is 1. The Kier molecular flexibility index (Phi) is 3.29. The maximum absolute atomic E-state index is 10.8. The van der Waals surface area contributed by atoms with Crippen LogP contribution in [-0.2, 0) is 14.3 Å². The summed E-state index contributed by atoms with van der Waals surface area (Å²) in [6, 6.07) is 0. The Morgan fingerprint density at radius 2 is 2.58 bits per heavy atom. The molecular formula is C9H14O3. The van der Waals surface area contributed by atoms with Gasteiger partial charge < -0.3 is 9.47 Å². The second kappa shape index (κ2) is 4.26. The molecule has 0 radical (unpaired) electrons. The van der Waals surface area contributed by atoms with Crippen molar-refractivity contribution in [2.75, 3.05) is 13.7 Å². The monoisotopic (exact) mass is 170 g/mol. The van der Waals surface area contributed by atoms with Crippen molar-refractivity contribution in [1.82, 2.24) is 0 Å². The second-order valence-electron chi connectivity index (χ2n) is 3.00. The maximum Gasteiger partial charge on any atom is 0.308 e. The number of carbonyl (C=O) groups is 1. The van der Waals surface area contributed by atoms with Crippen LogP contribution < -0.4 is 0 Å². The zero-order valence-electron chi connectivity index (χ0n) is 7.34. The summed E-state index contributed by atoms with van der Waals surface area (Å²) >= 11 is 0. The van der Waals surface area contributed by atoms with Gasteiger partial charge in [0.25, 0.3) is 0 Å². The molecule has 1 unspecified atom stereocenters. The molecule has 0 N–H and O–H groups in total. The first kappa shape index (κ1) is 9.26. The SMILES string of the molecule is C=C1CCC(CC(=O)OC)OC1. The van der Waals surface area contributed by atoms with Crippen LogP contribution >= 0.6 is 0 Å². The number of rotatable bonds is 2. The standard InChI is InChI=1S/C9H14O3/c1-7-3-4-8(12-6-7)5-9(10)11-2/h8H,1,3-6H2,2H3. The highest BCUT2D eigenvalue weighted by Crippen LogP contribution is 2.18. The first-order valence-corrected chi connectivity index (χ1v) is 4.07. The number of esters is 1. The first-order chi connectivity index (χ1) is 5.72. The van der Waals surface area contributed by atoms with Crippen LogP contribution in [0.25, 0.3) is 0 Å². The van der Waals surface area contributed by atoms with Gasteiger partial charge in [0, 0.05) is 0 Å². The Labute approximate surface area is 72.4 Å². The van der Waals surface area contributed by atoms with Gasteiger partial charge in [0.15, 0.2) is 0 Å². The highest BCUT2D eigenvalue weighted by Gasteiger charge is 2.19. The highest BCUT2D eigenvalue weighted by molar-refractivity contribution is 5.69. The Morgan fingerprint density at radius 1 is 1.83 bits per heavy atom. The van der Waals surface area contributed by atoms with Gasteiger partial charge in [-0.15, -0.1) is 0 Å². The summed E-state index contributed by atoms with van der Waals surface area (Å²) < 4.78 is 9.90. The molecule has 1 aliphatic rings. The fourth-order valence-electron chi connectivity index (χ4n) is 1.19. The largest absolute Gasteiger partial charge is 0.469 e. The van der Waals surface area contributed by atoms with Gasteiger partial charge in [-0.05, 0) is 12.8 Å². The van der Waals surface area contributed by atoms with Gasteiger partial charge in [-0.25, -0.2) is 0 Å². The average molecular weight is 170 g/mol. The molecule has 0 aromatic heterocycles. The number of methoxy groups -OCH3 is 1. The molecular weight excluding hydrogens is 156 g/mol. The average Bonchev–Trinajstić information content (AvgIpc) is 2.09. The minimum absolute atomic E-state index is 0.0305. The zero-order chi connectivity index (χ0) is 8.97. The van der Waals surface area contributed by atoms with Gasteiger partial charge in [-0.3, -0.25) is 4.79 Å². The van der Waals surface area contributed by atoms with E-state index in [2.05, 4.69) is 11.3 Å². The van der Waals surface area contributed by atoms with E-state index in [1.54, 1.807) is 0 Å². The molecule has 12 heavy (non-hydrogen) atoms. The Morgan fingerprint density at radius 3 is 3.08 bits per heavy atom. The lowest BCUT2D eigenvalue weighted by molar-refractivity contribution is -0.144. The third kappa shape index (κ3) is 2.66. The van der Waals surface area contributed by atoms with Crippen molar-refractivity contribution in [3.8, 4) is 0 Å². The summed E-state index contributed by atoms with van der Waals surface area (Å²) in [6.07, 6.45) is 2.24. The minimum atomic E-state index is -0.201. The van der Waals surface area contributed by atoms with E-state index in [9.17, 15) is 4.79 Å². The second-order valence-corrected chi connectivity index (χ2v) is 3.00. The fraction of sp³-hybridized carbons (Fsp3) is 0.667. The molecule has 0 saturated carbocycles. The highest BCUT2D eigenvalue weighted by atomic mass is 16.5. The number of hydrogen-bond acceptors (Lipinski definition) is 3. The molecule has 1 fully saturated rings. The molecule has 1 atom stereocenters. The molecule has 0 aliphatic carbocycles. The quantitative estimate of drug-likeness (QED) is 0.462. The van der Waals surface area contributed by atoms with E-state index in [1.165, 1.54) is 7.11 Å². The van der Waals surface area contributed by atoms with Crippen LogP contribution in [0.1, 0.15) is 19.3 Å². The van der Waals surface area contributed by atoms with E-state index in [0.29, 0.717) is 13.0 Å². The molecule has 0 amide bonds. The molecule has 1 aliphatic heterocycles. The fourth-order valence-corrected chi connectivity index (χ4v) is 1.19. The first-order valence-electron chi connectivity index (χ1n) is 4.07. The molecule has 1 saturated heterocycles. The van der Waals surface area contributed by atoms with Gasteiger partial charge in [-0.1, -0.05) is 12.2 Å². The van der Waals surface area contributed by atoms with Gasteiger partial charge in [0.1, 0.15) is 0 Å². The molecule has 0 spiro atoms. The van der Waals surface area contributed by atoms with E-state index < -0.39 is 0 Å². The van der Waals surface area contributed by atoms with Crippen molar-refractivity contribution in [3.05, 3.63) is 12.2 Å². The van der Waals surface area contributed by atoms with E-state index >= 15 is 0 Å². The minimum Gasteiger partial charge on any atom is -0.469 e. The molecule has 1 heterocycles. The lowest BCUT2D eigenvalue weighted by Gasteiger charge is -2.22. The maximum atomic E-state index is 10.8. The van der Waals surface area contributed by atoms with Crippen LogP contribution in [0.5, 0.6) is 0 Å². The summed E-state index contributed by atoms with van der Waals surface area (Å²) in [6.45, 7) is 4.39. The van der Waals surface area contributed by atoms with Crippen molar-refractivity contribution in [3.63, 3.8) is 0 Å². The molecule has 3 nitrogen and oxygen atoms in total. The predicted molar refractivity (Wildman–Crippen MR) is 44.7 cm³/mol. The van der Waals surface area contributed by atoms with Crippen molar-refractivity contribution < 1.29 is 14.3 Å². The Balaban J connectivity index is 2.26. The van der Waals surface area contributed by atoms with Crippen LogP contribution in [0.2, 0.25) is 0 Å². The van der Waals surface area contributed by atoms with Crippen molar-refractivity contribution in [2.45, 2.75) is 25.4 Å². The van der Waals surface area contributed by atoms with E-state index in [-0.39, 0.29) is 12.1 Å². The van der Waals surface area contributed by atoms with Gasteiger partial charge in [0.05, 0.1) is 26.2 Å². The predicted octanol–water partition coefficient (Wildman–Crippen LogP) is 1.28. The molecule has 0 bridgehead atoms. The third-order valence-electron chi connectivity index (χ3n) is 1.97. The summed E-state index contributed by atoms with van der Waals surface area (Å²) in [7, 11) is 1.39. The van der Waals surface area contributed by atoms with Crippen LogP contribution in [0.4, 0.5) is 0 Å². The van der Waals surface area contributed by atoms with Crippen molar-refractivity contribution in [2.24, 2.45) is 0 Å². The normalized spacial score (nSPS) is 23.8. The van der Waals surface area contributed by atoms with Crippen LogP contribution in [0, 0.1) is 0 Å². The summed E-state index contributed by atoms with van der Waals surface area (Å²) in [4.78, 5) is 10.8. The zero-order valence-corrected chi connectivity index (χ0v) is 7.34. The lowest BCUT2D eigenvalue weighted by Crippen LogP contribution is -2.23. The van der Waals surface area contributed by atoms with E-state index in [4.69, 9.17) is 4.74 Å². The molecule has 3 heteroatoms. The summed E-state index contributed by atoms with van der Waals surface area (Å²) in [5.74, 6) is -0.201. The molecule has 0 aromatic rings. The van der Waals surface area contributed by atoms with Crippen molar-refractivity contribution in [1.29, 1.82) is 0 Å². The summed E-state index contributed by atoms with van der Waals surface area (Å²) in [5.41, 5.74) is 1.11. The van der Waals surface area contributed by atoms with Crippen molar-refractivity contribution >= 4 is 5.97 Å². The molecule has 1 rings (SSSR count). The molecule has 0 aromatic carbocycles. The Bertz CT molecular complexity index is 176.